The molecule has 0 spiro atoms. The fraction of sp³-hybridized carbons (Fsp3) is 1.00. The van der Waals surface area contributed by atoms with E-state index in [0.29, 0.717) is 5.41 Å². The normalized spacial score (nSPS) is 32.0. The second-order valence-electron chi connectivity index (χ2n) is 7.47. The molecule has 1 aliphatic heterocycles. The third-order valence-electron chi connectivity index (χ3n) is 5.22. The summed E-state index contributed by atoms with van der Waals surface area (Å²) in [5.74, 6) is 1.79. The second-order valence-corrected chi connectivity index (χ2v) is 8.11. The average Bonchev–Trinajstić information content (AvgIpc) is 2.34. The molecule has 0 N–H and O–H groups in total. The molecular formula is C16H30BrN. The van der Waals surface area contributed by atoms with Crippen LogP contribution < -0.4 is 0 Å². The topological polar surface area (TPSA) is 3.24 Å². The molecule has 2 rings (SSSR count). The molecular weight excluding hydrogens is 286 g/mol. The van der Waals surface area contributed by atoms with Crippen molar-refractivity contribution >= 4 is 15.9 Å². The van der Waals surface area contributed by atoms with Crippen molar-refractivity contribution in [1.82, 2.24) is 4.90 Å². The lowest BCUT2D eigenvalue weighted by atomic mass is 9.76. The number of nitrogens with zero attached hydrogens (tertiary/aromatic N) is 1. The number of piperidine rings is 1. The number of likely N-dealkylation sites (tertiary alicyclic amines) is 1. The summed E-state index contributed by atoms with van der Waals surface area (Å²) >= 11 is 3.74. The highest BCUT2D eigenvalue weighted by Gasteiger charge is 2.35. The molecule has 2 aliphatic rings. The van der Waals surface area contributed by atoms with Crippen LogP contribution in [0.5, 0.6) is 0 Å². The maximum absolute atomic E-state index is 3.74. The predicted octanol–water partition coefficient (Wildman–Crippen LogP) is 4.70. The van der Waals surface area contributed by atoms with Crippen LogP contribution in [0.2, 0.25) is 0 Å². The van der Waals surface area contributed by atoms with Crippen LogP contribution in [0.3, 0.4) is 0 Å². The molecule has 2 heteroatoms. The first kappa shape index (κ1) is 14.8. The average molecular weight is 316 g/mol. The first-order chi connectivity index (χ1) is 8.52. The molecule has 2 fully saturated rings. The predicted molar refractivity (Wildman–Crippen MR) is 83.3 cm³/mol. The van der Waals surface area contributed by atoms with Crippen molar-refractivity contribution in [3.05, 3.63) is 0 Å². The summed E-state index contributed by atoms with van der Waals surface area (Å²) in [5, 5.41) is 1.14. The van der Waals surface area contributed by atoms with Crippen LogP contribution >= 0.6 is 15.9 Å². The SMILES string of the molecule is CC(C)(C)C(CBr)CN1CCC[C@H]2CCCC[C@H]21. The van der Waals surface area contributed by atoms with Crippen molar-refractivity contribution in [2.45, 2.75) is 65.3 Å². The molecule has 1 saturated heterocycles. The first-order valence-electron chi connectivity index (χ1n) is 7.82. The van der Waals surface area contributed by atoms with E-state index in [1.807, 2.05) is 0 Å². The standard InChI is InChI=1S/C16H30BrN/c1-16(2,3)14(11-17)12-18-10-6-8-13-7-4-5-9-15(13)18/h13-15H,4-12H2,1-3H3/t13-,14?,15-/m1/s1. The highest BCUT2D eigenvalue weighted by molar-refractivity contribution is 9.09. The lowest BCUT2D eigenvalue weighted by Gasteiger charge is -2.46. The van der Waals surface area contributed by atoms with Gasteiger partial charge in [-0.1, -0.05) is 49.5 Å². The maximum atomic E-state index is 3.74. The van der Waals surface area contributed by atoms with Crippen LogP contribution in [0, 0.1) is 17.3 Å². The minimum Gasteiger partial charge on any atom is -0.300 e. The molecule has 106 valence electrons. The smallest absolute Gasteiger partial charge is 0.0124 e. The van der Waals surface area contributed by atoms with E-state index in [4.69, 9.17) is 0 Å². The van der Waals surface area contributed by atoms with Crippen LogP contribution in [0.1, 0.15) is 59.3 Å². The Bertz CT molecular complexity index is 256. The molecule has 0 aromatic heterocycles. The van der Waals surface area contributed by atoms with Gasteiger partial charge in [0.25, 0.3) is 0 Å². The maximum Gasteiger partial charge on any atom is 0.0124 e. The van der Waals surface area contributed by atoms with Crippen molar-refractivity contribution < 1.29 is 0 Å². The molecule has 0 bridgehead atoms. The van der Waals surface area contributed by atoms with Crippen LogP contribution in [0.4, 0.5) is 0 Å². The Morgan fingerprint density at radius 3 is 2.44 bits per heavy atom. The fourth-order valence-corrected chi connectivity index (χ4v) is 4.97. The molecule has 18 heavy (non-hydrogen) atoms. The fourth-order valence-electron chi connectivity index (χ4n) is 3.79. The Morgan fingerprint density at radius 1 is 1.11 bits per heavy atom. The molecule has 1 saturated carbocycles. The third-order valence-corrected chi connectivity index (χ3v) is 6.01. The molecule has 3 atom stereocenters. The zero-order valence-corrected chi connectivity index (χ0v) is 14.0. The zero-order chi connectivity index (χ0) is 13.2. The Hall–Kier alpha value is 0.440. The number of fused-ring (bicyclic) bond motifs is 1. The summed E-state index contributed by atoms with van der Waals surface area (Å²) in [5.41, 5.74) is 0.422. The van der Waals surface area contributed by atoms with Crippen molar-refractivity contribution in [2.24, 2.45) is 17.3 Å². The highest BCUT2D eigenvalue weighted by Crippen LogP contribution is 2.37. The lowest BCUT2D eigenvalue weighted by Crippen LogP contribution is -2.50. The number of alkyl halides is 1. The van der Waals surface area contributed by atoms with E-state index in [1.54, 1.807) is 0 Å². The summed E-state index contributed by atoms with van der Waals surface area (Å²) in [6, 6.07) is 0.913. The van der Waals surface area contributed by atoms with Gasteiger partial charge in [0.05, 0.1) is 0 Å². The van der Waals surface area contributed by atoms with Crippen LogP contribution in [0.25, 0.3) is 0 Å². The van der Waals surface area contributed by atoms with Gasteiger partial charge in [-0.05, 0) is 49.5 Å². The Morgan fingerprint density at radius 2 is 1.78 bits per heavy atom. The monoisotopic (exact) mass is 315 g/mol. The van der Waals surface area contributed by atoms with Crippen LogP contribution in [0.15, 0.2) is 0 Å². The Balaban J connectivity index is 1.98. The van der Waals surface area contributed by atoms with Gasteiger partial charge in [-0.3, -0.25) is 4.90 Å². The third kappa shape index (κ3) is 3.50. The molecule has 0 aromatic rings. The molecule has 0 aromatic carbocycles. The van der Waals surface area contributed by atoms with E-state index in [0.717, 1.165) is 23.2 Å². The van der Waals surface area contributed by atoms with Gasteiger partial charge >= 0.3 is 0 Å². The molecule has 1 unspecified atom stereocenters. The number of hydrogen-bond acceptors (Lipinski definition) is 1. The van der Waals surface area contributed by atoms with E-state index in [-0.39, 0.29) is 0 Å². The quantitative estimate of drug-likeness (QED) is 0.682. The van der Waals surface area contributed by atoms with Crippen molar-refractivity contribution in [2.75, 3.05) is 18.4 Å². The largest absolute Gasteiger partial charge is 0.300 e. The van der Waals surface area contributed by atoms with Gasteiger partial charge in [0.2, 0.25) is 0 Å². The van der Waals surface area contributed by atoms with Gasteiger partial charge in [-0.25, -0.2) is 0 Å². The molecule has 1 heterocycles. The summed E-state index contributed by atoms with van der Waals surface area (Å²) in [4.78, 5) is 2.84. The van der Waals surface area contributed by atoms with Crippen molar-refractivity contribution in [3.8, 4) is 0 Å². The van der Waals surface area contributed by atoms with Crippen molar-refractivity contribution in [3.63, 3.8) is 0 Å². The highest BCUT2D eigenvalue weighted by atomic mass is 79.9. The summed E-state index contributed by atoms with van der Waals surface area (Å²) < 4.78 is 0. The molecule has 0 radical (unpaired) electrons. The number of rotatable bonds is 3. The van der Waals surface area contributed by atoms with E-state index in [9.17, 15) is 0 Å². The lowest BCUT2D eigenvalue weighted by molar-refractivity contribution is 0.0352. The van der Waals surface area contributed by atoms with Crippen LogP contribution in [-0.4, -0.2) is 29.4 Å². The summed E-state index contributed by atoms with van der Waals surface area (Å²) in [6.45, 7) is 9.82. The minimum absolute atomic E-state index is 0.422. The Kier molecular flexibility index (Phi) is 5.16. The van der Waals surface area contributed by atoms with Gasteiger partial charge in [-0.2, -0.15) is 0 Å². The van der Waals surface area contributed by atoms with Gasteiger partial charge in [-0.15, -0.1) is 0 Å². The van der Waals surface area contributed by atoms with Crippen LogP contribution in [-0.2, 0) is 0 Å². The van der Waals surface area contributed by atoms with E-state index < -0.39 is 0 Å². The summed E-state index contributed by atoms with van der Waals surface area (Å²) in [7, 11) is 0. The molecule has 1 nitrogen and oxygen atoms in total. The first-order valence-corrected chi connectivity index (χ1v) is 8.94. The van der Waals surface area contributed by atoms with Gasteiger partial charge < -0.3 is 0 Å². The summed E-state index contributed by atoms with van der Waals surface area (Å²) in [6.07, 6.45) is 8.83. The molecule has 1 aliphatic carbocycles. The molecule has 0 amide bonds. The van der Waals surface area contributed by atoms with Crippen molar-refractivity contribution in [1.29, 1.82) is 0 Å². The van der Waals surface area contributed by atoms with Gasteiger partial charge in [0.15, 0.2) is 0 Å². The van der Waals surface area contributed by atoms with E-state index in [1.165, 1.54) is 51.6 Å². The number of hydrogen-bond donors (Lipinski definition) is 0. The van der Waals surface area contributed by atoms with Gasteiger partial charge in [0.1, 0.15) is 0 Å². The van der Waals surface area contributed by atoms with E-state index >= 15 is 0 Å². The Labute approximate surface area is 122 Å². The minimum atomic E-state index is 0.422. The zero-order valence-electron chi connectivity index (χ0n) is 12.4. The second kappa shape index (κ2) is 6.26. The number of halogens is 1. The van der Waals surface area contributed by atoms with E-state index in [2.05, 4.69) is 41.6 Å². The van der Waals surface area contributed by atoms with Gasteiger partial charge in [0, 0.05) is 17.9 Å².